The molecule has 0 fully saturated rings. The smallest absolute Gasteiger partial charge is 0.250 e. The number of hydrogen-bond acceptors (Lipinski definition) is 6. The quantitative estimate of drug-likeness (QED) is 0.597. The molecule has 8 heteroatoms. The number of aromatic nitrogens is 5. The largest absolute Gasteiger partial charge is 0.366 e. The van der Waals surface area contributed by atoms with Crippen LogP contribution in [0.1, 0.15) is 16.1 Å². The number of nitrogens with zero attached hydrogens (tertiary/aromatic N) is 4. The highest BCUT2D eigenvalue weighted by molar-refractivity contribution is 7.18. The van der Waals surface area contributed by atoms with E-state index in [9.17, 15) is 4.79 Å². The van der Waals surface area contributed by atoms with Crippen LogP contribution in [0.3, 0.4) is 0 Å². The first-order valence-corrected chi connectivity index (χ1v) is 7.98. The van der Waals surface area contributed by atoms with E-state index in [1.807, 2.05) is 13.0 Å². The van der Waals surface area contributed by atoms with Gasteiger partial charge in [0.2, 0.25) is 0 Å². The first kappa shape index (κ1) is 14.5. The summed E-state index contributed by atoms with van der Waals surface area (Å²) in [4.78, 5) is 33.1. The van der Waals surface area contributed by atoms with E-state index < -0.39 is 5.91 Å². The van der Waals surface area contributed by atoms with Crippen molar-refractivity contribution in [2.24, 2.45) is 5.73 Å². The van der Waals surface area contributed by atoms with Crippen LogP contribution in [0.2, 0.25) is 0 Å². The van der Waals surface area contributed by atoms with Crippen LogP contribution in [0.15, 0.2) is 36.8 Å². The number of H-pyrrole nitrogens is 1. The zero-order chi connectivity index (χ0) is 16.7. The Morgan fingerprint density at radius 3 is 2.88 bits per heavy atom. The molecule has 0 radical (unpaired) electrons. The lowest BCUT2D eigenvalue weighted by molar-refractivity contribution is 0.100. The van der Waals surface area contributed by atoms with Gasteiger partial charge < -0.3 is 10.7 Å². The normalized spacial score (nSPS) is 11.0. The van der Waals surface area contributed by atoms with Crippen molar-refractivity contribution in [1.29, 1.82) is 0 Å². The lowest BCUT2D eigenvalue weighted by atomic mass is 10.2. The Morgan fingerprint density at radius 1 is 1.25 bits per heavy atom. The molecule has 3 aromatic heterocycles. The molecule has 118 valence electrons. The van der Waals surface area contributed by atoms with Crippen LogP contribution in [-0.4, -0.2) is 30.8 Å². The summed E-state index contributed by atoms with van der Waals surface area (Å²) < 4.78 is 0. The van der Waals surface area contributed by atoms with Crippen molar-refractivity contribution in [2.45, 2.75) is 6.92 Å². The van der Waals surface area contributed by atoms with Crippen LogP contribution >= 0.6 is 11.3 Å². The molecule has 0 bridgehead atoms. The molecule has 4 rings (SSSR count). The molecule has 3 heterocycles. The third-order valence-electron chi connectivity index (χ3n) is 3.57. The molecule has 1 amide bonds. The van der Waals surface area contributed by atoms with Crippen molar-refractivity contribution in [3.63, 3.8) is 0 Å². The maximum absolute atomic E-state index is 11.6. The Labute approximate surface area is 140 Å². The van der Waals surface area contributed by atoms with E-state index in [-0.39, 0.29) is 0 Å². The van der Waals surface area contributed by atoms with Gasteiger partial charge in [0.05, 0.1) is 27.8 Å². The lowest BCUT2D eigenvalue weighted by Crippen LogP contribution is -2.11. The van der Waals surface area contributed by atoms with Crippen molar-refractivity contribution in [1.82, 2.24) is 24.9 Å². The summed E-state index contributed by atoms with van der Waals surface area (Å²) in [7, 11) is 0. The second kappa shape index (κ2) is 5.50. The molecule has 24 heavy (non-hydrogen) atoms. The molecular weight excluding hydrogens is 324 g/mol. The van der Waals surface area contributed by atoms with Crippen LogP contribution < -0.4 is 5.73 Å². The van der Waals surface area contributed by atoms with Gasteiger partial charge in [-0.3, -0.25) is 14.8 Å². The highest BCUT2D eigenvalue weighted by Crippen LogP contribution is 2.34. The number of nitrogens with one attached hydrogen (secondary N) is 1. The average Bonchev–Trinajstić information content (AvgIpc) is 3.18. The highest BCUT2D eigenvalue weighted by atomic mass is 32.1. The van der Waals surface area contributed by atoms with Gasteiger partial charge in [-0.2, -0.15) is 0 Å². The molecule has 0 saturated heterocycles. The summed E-state index contributed by atoms with van der Waals surface area (Å²) >= 11 is 1.47. The van der Waals surface area contributed by atoms with E-state index in [0.717, 1.165) is 21.1 Å². The molecular formula is C16H12N6OS. The number of carbonyl (C=O) groups is 1. The molecule has 0 unspecified atom stereocenters. The van der Waals surface area contributed by atoms with Gasteiger partial charge in [-0.25, -0.2) is 9.97 Å². The second-order valence-corrected chi connectivity index (χ2v) is 6.17. The van der Waals surface area contributed by atoms with Crippen LogP contribution in [0.5, 0.6) is 0 Å². The number of imidazole rings is 1. The average molecular weight is 336 g/mol. The SMILES string of the molecule is Cc1nc(-c2cnccn2)sc1-c1nc2c(C(N)=O)cccc2[nH]1. The fourth-order valence-electron chi connectivity index (χ4n) is 2.47. The van der Waals surface area contributed by atoms with Crippen molar-refractivity contribution in [2.75, 3.05) is 0 Å². The summed E-state index contributed by atoms with van der Waals surface area (Å²) in [5.41, 5.74) is 8.69. The minimum atomic E-state index is -0.500. The van der Waals surface area contributed by atoms with Crippen LogP contribution in [0.25, 0.3) is 32.4 Å². The Kier molecular flexibility index (Phi) is 3.31. The number of thiazole rings is 1. The standard InChI is InChI=1S/C16H12N6OS/c1-8-13(24-16(20-8)11-7-18-5-6-19-11)15-21-10-4-2-3-9(14(17)23)12(10)22-15/h2-7H,1H3,(H2,17,23)(H,21,22). The maximum Gasteiger partial charge on any atom is 0.250 e. The molecule has 7 nitrogen and oxygen atoms in total. The van der Waals surface area contributed by atoms with Crippen LogP contribution in [0.4, 0.5) is 0 Å². The molecule has 4 aromatic rings. The molecule has 0 aliphatic heterocycles. The first-order chi connectivity index (χ1) is 11.6. The number of aromatic amines is 1. The van der Waals surface area contributed by atoms with Gasteiger partial charge in [-0.1, -0.05) is 6.07 Å². The summed E-state index contributed by atoms with van der Waals surface area (Å²) in [5, 5.41) is 0.770. The van der Waals surface area contributed by atoms with Gasteiger partial charge in [0, 0.05) is 12.4 Å². The highest BCUT2D eigenvalue weighted by Gasteiger charge is 2.17. The van der Waals surface area contributed by atoms with Gasteiger partial charge >= 0.3 is 0 Å². The molecule has 0 aliphatic rings. The van der Waals surface area contributed by atoms with Crippen molar-refractivity contribution >= 4 is 28.3 Å². The number of benzene rings is 1. The molecule has 0 atom stereocenters. The van der Waals surface area contributed by atoms with E-state index in [4.69, 9.17) is 5.73 Å². The molecule has 3 N–H and O–H groups in total. The van der Waals surface area contributed by atoms with Crippen molar-refractivity contribution in [3.8, 4) is 21.4 Å². The minimum absolute atomic E-state index is 0.395. The number of para-hydroxylation sites is 1. The predicted octanol–water partition coefficient (Wildman–Crippen LogP) is 2.55. The summed E-state index contributed by atoms with van der Waals surface area (Å²) in [6.45, 7) is 1.91. The van der Waals surface area contributed by atoms with Gasteiger partial charge in [0.1, 0.15) is 16.2 Å². The fraction of sp³-hybridized carbons (Fsp3) is 0.0625. The fourth-order valence-corrected chi connectivity index (χ4v) is 3.45. The molecule has 1 aromatic carbocycles. The number of rotatable bonds is 3. The van der Waals surface area contributed by atoms with Gasteiger partial charge in [-0.05, 0) is 19.1 Å². The van der Waals surface area contributed by atoms with Crippen molar-refractivity contribution < 1.29 is 4.79 Å². The van der Waals surface area contributed by atoms with Gasteiger partial charge in [0.25, 0.3) is 5.91 Å². The molecule has 0 aliphatic carbocycles. The van der Waals surface area contributed by atoms with Crippen LogP contribution in [0, 0.1) is 6.92 Å². The minimum Gasteiger partial charge on any atom is -0.366 e. The number of primary amides is 1. The topological polar surface area (TPSA) is 110 Å². The lowest BCUT2D eigenvalue weighted by Gasteiger charge is -1.94. The van der Waals surface area contributed by atoms with Crippen molar-refractivity contribution in [3.05, 3.63) is 48.0 Å². The van der Waals surface area contributed by atoms with E-state index in [1.165, 1.54) is 11.3 Å². The van der Waals surface area contributed by atoms with Gasteiger partial charge in [-0.15, -0.1) is 11.3 Å². The van der Waals surface area contributed by atoms with E-state index >= 15 is 0 Å². The Morgan fingerprint density at radius 2 is 2.12 bits per heavy atom. The first-order valence-electron chi connectivity index (χ1n) is 7.16. The number of carbonyl (C=O) groups excluding carboxylic acids is 1. The Balaban J connectivity index is 1.85. The zero-order valence-corrected chi connectivity index (χ0v) is 13.5. The zero-order valence-electron chi connectivity index (χ0n) is 12.6. The third kappa shape index (κ3) is 2.33. The number of hydrogen-bond donors (Lipinski definition) is 2. The number of amides is 1. The monoisotopic (exact) mass is 336 g/mol. The second-order valence-electron chi connectivity index (χ2n) is 5.18. The predicted molar refractivity (Wildman–Crippen MR) is 91.5 cm³/mol. The summed E-state index contributed by atoms with van der Waals surface area (Å²) in [6, 6.07) is 5.30. The number of nitrogens with two attached hydrogens (primary N) is 1. The third-order valence-corrected chi connectivity index (χ3v) is 4.76. The van der Waals surface area contributed by atoms with E-state index in [2.05, 4.69) is 24.9 Å². The van der Waals surface area contributed by atoms with Crippen LogP contribution in [-0.2, 0) is 0 Å². The Hall–Kier alpha value is -3.13. The summed E-state index contributed by atoms with van der Waals surface area (Å²) in [5.74, 6) is 0.156. The maximum atomic E-state index is 11.6. The number of aryl methyl sites for hydroxylation is 1. The Bertz CT molecular complexity index is 1050. The van der Waals surface area contributed by atoms with Gasteiger partial charge in [0.15, 0.2) is 5.82 Å². The molecule has 0 saturated carbocycles. The van der Waals surface area contributed by atoms with E-state index in [1.54, 1.807) is 30.7 Å². The number of fused-ring (bicyclic) bond motifs is 1. The molecule has 0 spiro atoms. The van der Waals surface area contributed by atoms with E-state index in [0.29, 0.717) is 22.6 Å². The summed E-state index contributed by atoms with van der Waals surface area (Å²) in [6.07, 6.45) is 4.92.